The predicted molar refractivity (Wildman–Crippen MR) is 133 cm³/mol. The minimum absolute atomic E-state index is 0.0558. The van der Waals surface area contributed by atoms with Crippen molar-refractivity contribution in [2.75, 3.05) is 29.5 Å². The fraction of sp³-hybridized carbons (Fsp3) is 0.346. The first-order valence-corrected chi connectivity index (χ1v) is 11.7. The second-order valence-electron chi connectivity index (χ2n) is 9.04. The lowest BCUT2D eigenvalue weighted by atomic mass is 9.82. The van der Waals surface area contributed by atoms with Crippen LogP contribution in [-0.2, 0) is 15.2 Å². The molecule has 2 heterocycles. The molecule has 2 aliphatic rings. The number of nitrogens with two attached hydrogens (primary N) is 1. The summed E-state index contributed by atoms with van der Waals surface area (Å²) in [4.78, 5) is 39.6. The summed E-state index contributed by atoms with van der Waals surface area (Å²) in [5.74, 6) is -1.66. The molecule has 0 saturated carbocycles. The largest absolute Gasteiger partial charge is 0.399 e. The van der Waals surface area contributed by atoms with Crippen molar-refractivity contribution >= 4 is 34.8 Å². The molecule has 0 spiro atoms. The van der Waals surface area contributed by atoms with Crippen LogP contribution in [0.15, 0.2) is 54.6 Å². The summed E-state index contributed by atoms with van der Waals surface area (Å²) in [5.41, 5.74) is 6.01. The highest BCUT2D eigenvalue weighted by atomic mass is 16.3. The third-order valence-electron chi connectivity index (χ3n) is 6.74. The maximum Gasteiger partial charge on any atom is 0.261 e. The van der Waals surface area contributed by atoms with Gasteiger partial charge < -0.3 is 31.5 Å². The molecule has 0 aromatic heterocycles. The molecule has 2 aliphatic heterocycles. The van der Waals surface area contributed by atoms with Crippen LogP contribution in [0.4, 0.5) is 17.1 Å². The highest BCUT2D eigenvalue weighted by molar-refractivity contribution is 6.07. The average Bonchev–Trinajstić information content (AvgIpc) is 3.42. The number of carbonyl (C=O) groups is 3. The number of carbonyl (C=O) groups excluding carboxylic acids is 3. The molecule has 0 radical (unpaired) electrons. The maximum absolute atomic E-state index is 12.8. The Morgan fingerprint density at radius 1 is 1.29 bits per heavy atom. The number of benzene rings is 2. The summed E-state index contributed by atoms with van der Waals surface area (Å²) in [6.45, 7) is 2.26. The number of nitrogen functional groups attached to an aromatic ring is 1. The van der Waals surface area contributed by atoms with Crippen LogP contribution in [0, 0.1) is 5.92 Å². The number of amides is 3. The molecule has 184 valence electrons. The molecule has 35 heavy (non-hydrogen) atoms. The van der Waals surface area contributed by atoms with E-state index in [0.717, 1.165) is 12.8 Å². The lowest BCUT2D eigenvalue weighted by molar-refractivity contribution is -0.137. The third kappa shape index (κ3) is 4.78. The number of nitrogens with one attached hydrogen (secondary N) is 2. The number of aliphatic hydroxyl groups is 2. The van der Waals surface area contributed by atoms with Crippen molar-refractivity contribution in [1.29, 1.82) is 0 Å². The standard InChI is InChI=1S/C26H30N4O5/c1-16(4-2-6-23(32)30-13-3-5-20(30)15-31)26(35)21-14-19(11-12-22(21)29-25(26)34)28-24(33)17-7-9-18(27)10-8-17/h2,4,7-12,14,16,20,31,35H,3,5-6,13,15,27H2,1H3,(H,28,33)(H,29,34)/b4-2+/t16-,20+,26+/m1/s1. The van der Waals surface area contributed by atoms with Crippen LogP contribution in [0.5, 0.6) is 0 Å². The van der Waals surface area contributed by atoms with Crippen LogP contribution < -0.4 is 16.4 Å². The molecule has 3 amide bonds. The van der Waals surface area contributed by atoms with Crippen molar-refractivity contribution in [2.45, 2.75) is 37.8 Å². The van der Waals surface area contributed by atoms with Crippen molar-refractivity contribution in [2.24, 2.45) is 5.92 Å². The van der Waals surface area contributed by atoms with E-state index >= 15 is 0 Å². The monoisotopic (exact) mass is 478 g/mol. The van der Waals surface area contributed by atoms with Gasteiger partial charge in [-0.15, -0.1) is 0 Å². The van der Waals surface area contributed by atoms with Crippen molar-refractivity contribution in [3.8, 4) is 0 Å². The number of fused-ring (bicyclic) bond motifs is 1. The van der Waals surface area contributed by atoms with E-state index in [9.17, 15) is 24.6 Å². The number of aliphatic hydroxyl groups excluding tert-OH is 1. The van der Waals surface area contributed by atoms with Crippen molar-refractivity contribution in [3.05, 3.63) is 65.7 Å². The number of hydrogen-bond acceptors (Lipinski definition) is 6. The molecule has 9 nitrogen and oxygen atoms in total. The van der Waals surface area contributed by atoms with Gasteiger partial charge in [-0.05, 0) is 55.3 Å². The molecule has 0 bridgehead atoms. The van der Waals surface area contributed by atoms with Gasteiger partial charge in [-0.1, -0.05) is 19.1 Å². The normalized spacial score (nSPS) is 22.2. The first-order valence-electron chi connectivity index (χ1n) is 11.7. The number of anilines is 3. The molecule has 0 unspecified atom stereocenters. The van der Waals surface area contributed by atoms with E-state index in [2.05, 4.69) is 10.6 Å². The van der Waals surface area contributed by atoms with Gasteiger partial charge in [0.25, 0.3) is 11.8 Å². The van der Waals surface area contributed by atoms with E-state index < -0.39 is 17.4 Å². The first-order chi connectivity index (χ1) is 16.7. The number of nitrogens with zero attached hydrogens (tertiary/aromatic N) is 1. The van der Waals surface area contributed by atoms with Gasteiger partial charge in [-0.25, -0.2) is 0 Å². The van der Waals surface area contributed by atoms with Gasteiger partial charge in [0.05, 0.1) is 12.6 Å². The van der Waals surface area contributed by atoms with Gasteiger partial charge >= 0.3 is 0 Å². The topological polar surface area (TPSA) is 145 Å². The van der Waals surface area contributed by atoms with Gasteiger partial charge in [0.15, 0.2) is 5.60 Å². The van der Waals surface area contributed by atoms with Crippen molar-refractivity contribution in [1.82, 2.24) is 4.90 Å². The Balaban J connectivity index is 1.48. The molecule has 4 rings (SSSR count). The summed E-state index contributed by atoms with van der Waals surface area (Å²) < 4.78 is 0. The van der Waals surface area contributed by atoms with E-state index in [1.165, 1.54) is 0 Å². The first kappa shape index (κ1) is 24.4. The lowest BCUT2D eigenvalue weighted by Gasteiger charge is -2.26. The summed E-state index contributed by atoms with van der Waals surface area (Å²) >= 11 is 0. The SMILES string of the molecule is C[C@H](/C=C/CC(=O)N1CCC[C@H]1CO)[C@@]1(O)C(=O)Nc2ccc(NC(=O)c3ccc(N)cc3)cc21. The van der Waals surface area contributed by atoms with E-state index in [1.54, 1.807) is 66.4 Å². The summed E-state index contributed by atoms with van der Waals surface area (Å²) in [5, 5.41) is 26.3. The van der Waals surface area contributed by atoms with Crippen LogP contribution in [0.25, 0.3) is 0 Å². The Morgan fingerprint density at radius 3 is 2.74 bits per heavy atom. The second-order valence-corrected chi connectivity index (χ2v) is 9.04. The average molecular weight is 479 g/mol. The Morgan fingerprint density at radius 2 is 2.03 bits per heavy atom. The highest BCUT2D eigenvalue weighted by Gasteiger charge is 2.48. The van der Waals surface area contributed by atoms with E-state index in [-0.39, 0.29) is 30.9 Å². The summed E-state index contributed by atoms with van der Waals surface area (Å²) in [6, 6.07) is 11.2. The molecule has 9 heteroatoms. The highest BCUT2D eigenvalue weighted by Crippen LogP contribution is 2.43. The zero-order valence-electron chi connectivity index (χ0n) is 19.5. The maximum atomic E-state index is 12.8. The van der Waals surface area contributed by atoms with E-state index in [4.69, 9.17) is 5.73 Å². The number of likely N-dealkylation sites (tertiary alicyclic amines) is 1. The second kappa shape index (κ2) is 9.89. The molecule has 6 N–H and O–H groups in total. The fourth-order valence-corrected chi connectivity index (χ4v) is 4.66. The number of hydrogen-bond donors (Lipinski definition) is 5. The van der Waals surface area contributed by atoms with Gasteiger partial charge in [-0.3, -0.25) is 14.4 Å². The zero-order valence-corrected chi connectivity index (χ0v) is 19.5. The third-order valence-corrected chi connectivity index (χ3v) is 6.74. The van der Waals surface area contributed by atoms with Gasteiger partial charge in [0.2, 0.25) is 5.91 Å². The van der Waals surface area contributed by atoms with Crippen LogP contribution in [0.2, 0.25) is 0 Å². The number of rotatable bonds is 7. The summed E-state index contributed by atoms with van der Waals surface area (Å²) in [6.07, 6.45) is 5.07. The Hall–Kier alpha value is -3.69. The lowest BCUT2D eigenvalue weighted by Crippen LogP contribution is -2.40. The van der Waals surface area contributed by atoms with Gasteiger partial charge in [0, 0.05) is 47.1 Å². The Bertz CT molecular complexity index is 1160. The minimum Gasteiger partial charge on any atom is -0.399 e. The molecular weight excluding hydrogens is 448 g/mol. The minimum atomic E-state index is -1.86. The zero-order chi connectivity index (χ0) is 25.2. The van der Waals surface area contributed by atoms with Crippen molar-refractivity contribution in [3.63, 3.8) is 0 Å². The molecular formula is C26H30N4O5. The van der Waals surface area contributed by atoms with E-state index in [1.807, 2.05) is 0 Å². The van der Waals surface area contributed by atoms with Gasteiger partial charge in [0.1, 0.15) is 0 Å². The molecule has 3 atom stereocenters. The molecule has 0 aliphatic carbocycles. The van der Waals surface area contributed by atoms with Crippen LogP contribution in [0.1, 0.15) is 42.1 Å². The predicted octanol–water partition coefficient (Wildman–Crippen LogP) is 2.23. The van der Waals surface area contributed by atoms with Crippen LogP contribution >= 0.6 is 0 Å². The molecule has 2 aromatic rings. The smallest absolute Gasteiger partial charge is 0.261 e. The van der Waals surface area contributed by atoms with E-state index in [0.29, 0.717) is 34.7 Å². The molecule has 2 aromatic carbocycles. The summed E-state index contributed by atoms with van der Waals surface area (Å²) in [7, 11) is 0. The van der Waals surface area contributed by atoms with Crippen molar-refractivity contribution < 1.29 is 24.6 Å². The molecule has 1 saturated heterocycles. The Kier molecular flexibility index (Phi) is 6.90. The quantitative estimate of drug-likeness (QED) is 0.305. The fourth-order valence-electron chi connectivity index (χ4n) is 4.66. The van der Waals surface area contributed by atoms with Crippen LogP contribution in [0.3, 0.4) is 0 Å². The Labute approximate surface area is 203 Å². The van der Waals surface area contributed by atoms with Gasteiger partial charge in [-0.2, -0.15) is 0 Å². The van der Waals surface area contributed by atoms with Crippen LogP contribution in [-0.4, -0.2) is 52.0 Å². The molecule has 1 fully saturated rings.